The van der Waals surface area contributed by atoms with Gasteiger partial charge in [-0.1, -0.05) is 18.3 Å². The lowest BCUT2D eigenvalue weighted by Crippen LogP contribution is -2.62. The Morgan fingerprint density at radius 3 is 2.67 bits per heavy atom. The van der Waals surface area contributed by atoms with Gasteiger partial charge < -0.3 is 26.0 Å². The van der Waals surface area contributed by atoms with Crippen molar-refractivity contribution >= 4 is 35.3 Å². The third-order valence-electron chi connectivity index (χ3n) is 8.60. The molecular formula is C28H36N6O4S. The predicted molar refractivity (Wildman–Crippen MR) is 149 cm³/mol. The molecule has 4 N–H and O–H groups in total. The molecule has 4 fully saturated rings. The van der Waals surface area contributed by atoms with Crippen LogP contribution in [0.15, 0.2) is 35.5 Å². The van der Waals surface area contributed by atoms with Crippen LogP contribution >= 0.6 is 11.8 Å². The number of anilines is 1. The quantitative estimate of drug-likeness (QED) is 0.384. The van der Waals surface area contributed by atoms with Gasteiger partial charge in [-0.25, -0.2) is 9.78 Å². The molecule has 1 aromatic heterocycles. The van der Waals surface area contributed by atoms with E-state index in [1.165, 1.54) is 30.7 Å². The molecule has 0 bridgehead atoms. The maximum absolute atomic E-state index is 13.6. The average Bonchev–Trinajstić information content (AvgIpc) is 3.67. The van der Waals surface area contributed by atoms with Crippen LogP contribution < -0.4 is 30.9 Å². The van der Waals surface area contributed by atoms with Crippen LogP contribution in [0.5, 0.6) is 5.88 Å². The summed E-state index contributed by atoms with van der Waals surface area (Å²) in [6.07, 6.45) is 11.0. The fourth-order valence-electron chi connectivity index (χ4n) is 6.70. The van der Waals surface area contributed by atoms with Gasteiger partial charge >= 0.3 is 6.03 Å². The number of thioether (sulfide) groups is 1. The highest BCUT2D eigenvalue weighted by Gasteiger charge is 2.52. The Kier molecular flexibility index (Phi) is 7.28. The number of ether oxygens (including phenoxy) is 1. The number of amides is 4. The van der Waals surface area contributed by atoms with E-state index in [2.05, 4.69) is 32.8 Å². The van der Waals surface area contributed by atoms with E-state index in [4.69, 9.17) is 4.74 Å². The molecule has 11 heteroatoms. The molecule has 1 aromatic rings. The molecule has 4 heterocycles. The number of carbonyl (C=O) groups is 3. The number of pyridine rings is 1. The molecule has 0 aromatic carbocycles. The summed E-state index contributed by atoms with van der Waals surface area (Å²) in [5, 5.41) is 12.7. The van der Waals surface area contributed by atoms with Crippen molar-refractivity contribution in [1.29, 1.82) is 0 Å². The van der Waals surface area contributed by atoms with Crippen LogP contribution in [-0.4, -0.2) is 59.0 Å². The van der Waals surface area contributed by atoms with E-state index in [-0.39, 0.29) is 53.4 Å². The number of hydrogen-bond donors (Lipinski definition) is 4. The summed E-state index contributed by atoms with van der Waals surface area (Å²) >= 11 is 1.48. The number of aromatic nitrogens is 1. The molecule has 2 saturated heterocycles. The molecule has 3 unspecified atom stereocenters. The van der Waals surface area contributed by atoms with E-state index < -0.39 is 0 Å². The standard InChI is InChI=1S/C28H36N6O4S/c1-3-21(35)31-17-9-6-10-18(17)32-26(36)25-24-23-19(11-12-29-27(23)39-25)34(28(37)33-24)20-14-30-22(13-15(20)2)38-16-7-4-5-8-16/h3,13-14,16-19,23,27,29H,1,4-12H2,2H3,(H,31,35)(H,32,36)(H,33,37)/t17-,18+,19?,23?,27?/m0/s1. The molecule has 2 aliphatic carbocycles. The van der Waals surface area contributed by atoms with Gasteiger partial charge in [-0.3, -0.25) is 14.5 Å². The predicted octanol–water partition coefficient (Wildman–Crippen LogP) is 2.84. The van der Waals surface area contributed by atoms with Gasteiger partial charge in [-0.2, -0.15) is 0 Å². The summed E-state index contributed by atoms with van der Waals surface area (Å²) in [5.41, 5.74) is 2.40. The Morgan fingerprint density at radius 1 is 1.15 bits per heavy atom. The van der Waals surface area contributed by atoms with Crippen molar-refractivity contribution < 1.29 is 19.1 Å². The monoisotopic (exact) mass is 552 g/mol. The number of aryl methyl sites for hydroxylation is 1. The van der Waals surface area contributed by atoms with E-state index in [0.29, 0.717) is 16.5 Å². The van der Waals surface area contributed by atoms with E-state index in [9.17, 15) is 14.4 Å². The van der Waals surface area contributed by atoms with Crippen LogP contribution in [0, 0.1) is 12.8 Å². The molecule has 4 amide bonds. The molecule has 3 aliphatic heterocycles. The summed E-state index contributed by atoms with van der Waals surface area (Å²) in [5.74, 6) is 0.124. The van der Waals surface area contributed by atoms with Crippen molar-refractivity contribution in [2.24, 2.45) is 5.92 Å². The Hall–Kier alpha value is -3.05. The van der Waals surface area contributed by atoms with Gasteiger partial charge in [0.25, 0.3) is 5.91 Å². The fourth-order valence-corrected chi connectivity index (χ4v) is 8.10. The smallest absolute Gasteiger partial charge is 0.326 e. The zero-order valence-electron chi connectivity index (χ0n) is 22.2. The van der Waals surface area contributed by atoms with Crippen LogP contribution in [0.25, 0.3) is 0 Å². The number of nitrogens with zero attached hydrogens (tertiary/aromatic N) is 2. The van der Waals surface area contributed by atoms with Gasteiger partial charge in [0.2, 0.25) is 11.8 Å². The normalized spacial score (nSPS) is 30.1. The third kappa shape index (κ3) is 5.02. The lowest BCUT2D eigenvalue weighted by atomic mass is 9.86. The Labute approximate surface area is 232 Å². The molecule has 5 atom stereocenters. The molecule has 208 valence electrons. The highest BCUT2D eigenvalue weighted by molar-refractivity contribution is 8.04. The highest BCUT2D eigenvalue weighted by atomic mass is 32.2. The molecule has 10 nitrogen and oxygen atoms in total. The van der Waals surface area contributed by atoms with E-state index in [1.807, 2.05) is 17.9 Å². The van der Waals surface area contributed by atoms with E-state index in [1.54, 1.807) is 6.20 Å². The van der Waals surface area contributed by atoms with Crippen molar-refractivity contribution in [2.75, 3.05) is 11.4 Å². The summed E-state index contributed by atoms with van der Waals surface area (Å²) < 4.78 is 6.08. The minimum Gasteiger partial charge on any atom is -0.474 e. The third-order valence-corrected chi connectivity index (χ3v) is 9.95. The van der Waals surface area contributed by atoms with Crippen LogP contribution in [0.3, 0.4) is 0 Å². The summed E-state index contributed by atoms with van der Waals surface area (Å²) in [6.45, 7) is 6.26. The number of rotatable bonds is 7. The van der Waals surface area contributed by atoms with Crippen LogP contribution in [0.1, 0.15) is 56.9 Å². The van der Waals surface area contributed by atoms with Crippen molar-refractivity contribution in [3.8, 4) is 5.88 Å². The minimum atomic E-state index is -0.244. The van der Waals surface area contributed by atoms with Gasteiger partial charge in [0.1, 0.15) is 6.10 Å². The molecule has 6 rings (SSSR count). The van der Waals surface area contributed by atoms with Gasteiger partial charge in [-0.05, 0) is 76.5 Å². The van der Waals surface area contributed by atoms with Crippen LogP contribution in [0.4, 0.5) is 10.5 Å². The maximum atomic E-state index is 13.6. The zero-order chi connectivity index (χ0) is 27.1. The maximum Gasteiger partial charge on any atom is 0.326 e. The lowest BCUT2D eigenvalue weighted by Gasteiger charge is -2.46. The van der Waals surface area contributed by atoms with Crippen molar-refractivity contribution in [3.05, 3.63) is 41.1 Å². The van der Waals surface area contributed by atoms with Gasteiger partial charge in [0.05, 0.1) is 28.2 Å². The molecule has 39 heavy (non-hydrogen) atoms. The Bertz CT molecular complexity index is 1210. The Balaban J connectivity index is 1.21. The minimum absolute atomic E-state index is 0.0133. The summed E-state index contributed by atoms with van der Waals surface area (Å²) in [4.78, 5) is 45.9. The first-order chi connectivity index (χ1) is 18.9. The zero-order valence-corrected chi connectivity index (χ0v) is 23.0. The fraction of sp³-hybridized carbons (Fsp3) is 0.571. The Morgan fingerprint density at radius 2 is 1.92 bits per heavy atom. The lowest BCUT2D eigenvalue weighted by molar-refractivity contribution is -0.119. The van der Waals surface area contributed by atoms with Gasteiger partial charge in [0.15, 0.2) is 0 Å². The molecule has 5 aliphatic rings. The van der Waals surface area contributed by atoms with Crippen molar-refractivity contribution in [2.45, 2.75) is 87.9 Å². The SMILES string of the molecule is C=CC(=O)N[C@H]1CCC[C@H]1NC(=O)C1=C2NC(=O)N(c3cnc(OC4CCCC4)cc3C)C3CCNC(S1)C23. The first kappa shape index (κ1) is 26.2. The van der Waals surface area contributed by atoms with E-state index >= 15 is 0 Å². The number of piperidine rings is 1. The van der Waals surface area contributed by atoms with Crippen molar-refractivity contribution in [1.82, 2.24) is 26.3 Å². The largest absolute Gasteiger partial charge is 0.474 e. The average molecular weight is 553 g/mol. The number of hydrogen-bond acceptors (Lipinski definition) is 7. The highest BCUT2D eigenvalue weighted by Crippen LogP contribution is 2.48. The first-order valence-electron chi connectivity index (χ1n) is 14.0. The molecule has 0 radical (unpaired) electrons. The second kappa shape index (κ2) is 10.8. The summed E-state index contributed by atoms with van der Waals surface area (Å²) in [6, 6.07) is 1.31. The number of carbonyl (C=O) groups excluding carboxylic acids is 3. The van der Waals surface area contributed by atoms with Crippen LogP contribution in [0.2, 0.25) is 0 Å². The number of nitrogens with one attached hydrogen (secondary N) is 4. The van der Waals surface area contributed by atoms with Crippen LogP contribution in [-0.2, 0) is 9.59 Å². The van der Waals surface area contributed by atoms with E-state index in [0.717, 1.165) is 56.3 Å². The topological polar surface area (TPSA) is 125 Å². The van der Waals surface area contributed by atoms with Gasteiger partial charge in [-0.15, -0.1) is 0 Å². The number of urea groups is 1. The molecule has 2 saturated carbocycles. The second-order valence-corrected chi connectivity index (χ2v) is 12.2. The summed E-state index contributed by atoms with van der Waals surface area (Å²) in [7, 11) is 0. The molecule has 0 spiro atoms. The second-order valence-electron chi connectivity index (χ2n) is 11.1. The first-order valence-corrected chi connectivity index (χ1v) is 14.9. The van der Waals surface area contributed by atoms with Crippen molar-refractivity contribution in [3.63, 3.8) is 0 Å². The molecular weight excluding hydrogens is 516 g/mol. The van der Waals surface area contributed by atoms with Gasteiger partial charge in [0, 0.05) is 29.8 Å².